The van der Waals surface area contributed by atoms with E-state index in [4.69, 9.17) is 5.73 Å². The minimum Gasteiger partial charge on any atom is -0.327 e. The highest BCUT2D eigenvalue weighted by Crippen LogP contribution is 2.37. The molecule has 4 atom stereocenters. The smallest absolute Gasteiger partial charge is 0.0228 e. The SMILES string of the molecule is Cc1ccccc1CSC1C(C)CC(C)CC1N. The van der Waals surface area contributed by atoms with Crippen molar-refractivity contribution < 1.29 is 0 Å². The molecule has 0 saturated heterocycles. The van der Waals surface area contributed by atoms with Crippen molar-refractivity contribution in [3.8, 4) is 0 Å². The lowest BCUT2D eigenvalue weighted by molar-refractivity contribution is 0.279. The van der Waals surface area contributed by atoms with Gasteiger partial charge in [-0.2, -0.15) is 11.8 Å². The van der Waals surface area contributed by atoms with E-state index >= 15 is 0 Å². The van der Waals surface area contributed by atoms with Gasteiger partial charge in [-0.3, -0.25) is 0 Å². The summed E-state index contributed by atoms with van der Waals surface area (Å²) in [7, 11) is 0. The van der Waals surface area contributed by atoms with Gasteiger partial charge in [-0.05, 0) is 42.7 Å². The van der Waals surface area contributed by atoms with Crippen LogP contribution in [0.25, 0.3) is 0 Å². The maximum Gasteiger partial charge on any atom is 0.0228 e. The summed E-state index contributed by atoms with van der Waals surface area (Å²) >= 11 is 2.06. The minimum absolute atomic E-state index is 0.373. The molecular formula is C16H25NS. The molecule has 1 fully saturated rings. The highest BCUT2D eigenvalue weighted by molar-refractivity contribution is 7.99. The van der Waals surface area contributed by atoms with Crippen molar-refractivity contribution in [3.05, 3.63) is 35.4 Å². The average molecular weight is 263 g/mol. The largest absolute Gasteiger partial charge is 0.327 e. The molecular weight excluding hydrogens is 238 g/mol. The monoisotopic (exact) mass is 263 g/mol. The lowest BCUT2D eigenvalue weighted by Gasteiger charge is -2.37. The molecule has 100 valence electrons. The van der Waals surface area contributed by atoms with Crippen molar-refractivity contribution >= 4 is 11.8 Å². The Kier molecular flexibility index (Phi) is 4.74. The number of thioether (sulfide) groups is 1. The first-order valence-electron chi connectivity index (χ1n) is 6.99. The molecule has 0 spiro atoms. The number of rotatable bonds is 3. The Morgan fingerprint density at radius 1 is 1.22 bits per heavy atom. The van der Waals surface area contributed by atoms with Crippen LogP contribution in [-0.2, 0) is 5.75 Å². The highest BCUT2D eigenvalue weighted by Gasteiger charge is 2.31. The Morgan fingerprint density at radius 3 is 2.61 bits per heavy atom. The van der Waals surface area contributed by atoms with E-state index in [1.165, 1.54) is 24.0 Å². The van der Waals surface area contributed by atoms with E-state index in [0.717, 1.165) is 17.6 Å². The van der Waals surface area contributed by atoms with Crippen LogP contribution in [0, 0.1) is 18.8 Å². The normalized spacial score (nSPS) is 32.4. The number of nitrogens with two attached hydrogens (primary N) is 1. The second-order valence-electron chi connectivity index (χ2n) is 5.92. The van der Waals surface area contributed by atoms with Crippen LogP contribution in [0.15, 0.2) is 24.3 Å². The van der Waals surface area contributed by atoms with Gasteiger partial charge in [-0.15, -0.1) is 0 Å². The molecule has 0 amide bonds. The summed E-state index contributed by atoms with van der Waals surface area (Å²) in [5, 5.41) is 0.626. The van der Waals surface area contributed by atoms with Gasteiger partial charge in [0.1, 0.15) is 0 Å². The zero-order chi connectivity index (χ0) is 13.1. The van der Waals surface area contributed by atoms with Gasteiger partial charge in [0.05, 0.1) is 0 Å². The van der Waals surface area contributed by atoms with Crippen molar-refractivity contribution in [2.75, 3.05) is 0 Å². The van der Waals surface area contributed by atoms with Crippen LogP contribution in [0.3, 0.4) is 0 Å². The molecule has 1 aliphatic carbocycles. The van der Waals surface area contributed by atoms with E-state index in [1.807, 2.05) is 0 Å². The Balaban J connectivity index is 1.95. The number of hydrogen-bond acceptors (Lipinski definition) is 2. The van der Waals surface area contributed by atoms with E-state index in [1.54, 1.807) is 0 Å². The van der Waals surface area contributed by atoms with Crippen LogP contribution in [-0.4, -0.2) is 11.3 Å². The fraction of sp³-hybridized carbons (Fsp3) is 0.625. The number of aryl methyl sites for hydroxylation is 1. The molecule has 2 heteroatoms. The van der Waals surface area contributed by atoms with E-state index in [0.29, 0.717) is 11.3 Å². The summed E-state index contributed by atoms with van der Waals surface area (Å²) in [6.45, 7) is 6.89. The molecule has 4 unspecified atom stereocenters. The van der Waals surface area contributed by atoms with E-state index < -0.39 is 0 Å². The molecule has 0 heterocycles. The van der Waals surface area contributed by atoms with E-state index in [2.05, 4.69) is 56.8 Å². The van der Waals surface area contributed by atoms with Gasteiger partial charge >= 0.3 is 0 Å². The molecule has 0 bridgehead atoms. The first-order chi connectivity index (χ1) is 8.58. The molecule has 1 aliphatic rings. The van der Waals surface area contributed by atoms with Gasteiger partial charge < -0.3 is 5.73 Å². The summed E-state index contributed by atoms with van der Waals surface area (Å²) in [5.41, 5.74) is 9.20. The molecule has 18 heavy (non-hydrogen) atoms. The molecule has 2 rings (SSSR count). The van der Waals surface area contributed by atoms with Crippen LogP contribution < -0.4 is 5.73 Å². The van der Waals surface area contributed by atoms with Gasteiger partial charge in [0.15, 0.2) is 0 Å². The Morgan fingerprint density at radius 2 is 1.94 bits per heavy atom. The molecule has 0 aliphatic heterocycles. The lowest BCUT2D eigenvalue weighted by Crippen LogP contribution is -2.43. The van der Waals surface area contributed by atoms with Gasteiger partial charge in [-0.25, -0.2) is 0 Å². The third-order valence-corrected chi connectivity index (χ3v) is 5.80. The molecule has 1 aromatic carbocycles. The maximum atomic E-state index is 6.34. The summed E-state index contributed by atoms with van der Waals surface area (Å²) in [6.07, 6.45) is 2.52. The molecule has 1 aromatic rings. The third-order valence-electron chi connectivity index (χ3n) is 4.12. The van der Waals surface area contributed by atoms with E-state index in [-0.39, 0.29) is 0 Å². The summed E-state index contributed by atoms with van der Waals surface area (Å²) in [6, 6.07) is 9.05. The zero-order valence-electron chi connectivity index (χ0n) is 11.7. The number of hydrogen-bond donors (Lipinski definition) is 1. The molecule has 1 nitrogen and oxygen atoms in total. The summed E-state index contributed by atoms with van der Waals surface area (Å²) in [5.74, 6) is 2.65. The third kappa shape index (κ3) is 3.30. The predicted molar refractivity (Wildman–Crippen MR) is 81.8 cm³/mol. The van der Waals surface area contributed by atoms with Gasteiger partial charge in [0.25, 0.3) is 0 Å². The molecule has 1 saturated carbocycles. The first-order valence-corrected chi connectivity index (χ1v) is 8.04. The second-order valence-corrected chi connectivity index (χ2v) is 7.09. The van der Waals surface area contributed by atoms with Crippen LogP contribution in [0.4, 0.5) is 0 Å². The van der Waals surface area contributed by atoms with Gasteiger partial charge in [-0.1, -0.05) is 38.1 Å². The van der Waals surface area contributed by atoms with Crippen molar-refractivity contribution in [1.82, 2.24) is 0 Å². The topological polar surface area (TPSA) is 26.0 Å². The maximum absolute atomic E-state index is 6.34. The Labute approximate surface area is 116 Å². The van der Waals surface area contributed by atoms with Crippen molar-refractivity contribution in [1.29, 1.82) is 0 Å². The predicted octanol–water partition coefficient (Wildman–Crippen LogP) is 3.99. The summed E-state index contributed by atoms with van der Waals surface area (Å²) in [4.78, 5) is 0. The fourth-order valence-corrected chi connectivity index (χ4v) is 4.63. The first kappa shape index (κ1) is 14.0. The molecule has 2 N–H and O–H groups in total. The van der Waals surface area contributed by atoms with Gasteiger partial charge in [0, 0.05) is 17.0 Å². The van der Waals surface area contributed by atoms with Crippen LogP contribution >= 0.6 is 11.8 Å². The number of benzene rings is 1. The summed E-state index contributed by atoms with van der Waals surface area (Å²) < 4.78 is 0. The zero-order valence-corrected chi connectivity index (χ0v) is 12.5. The minimum atomic E-state index is 0.373. The average Bonchev–Trinajstić information content (AvgIpc) is 2.30. The van der Waals surface area contributed by atoms with Crippen LogP contribution in [0.5, 0.6) is 0 Å². The quantitative estimate of drug-likeness (QED) is 0.892. The fourth-order valence-electron chi connectivity index (χ4n) is 3.13. The van der Waals surface area contributed by atoms with E-state index in [9.17, 15) is 0 Å². The van der Waals surface area contributed by atoms with Crippen molar-refractivity contribution in [2.45, 2.75) is 50.7 Å². The molecule has 0 aromatic heterocycles. The lowest BCUT2D eigenvalue weighted by atomic mass is 9.80. The Bertz CT molecular complexity index is 378. The highest BCUT2D eigenvalue weighted by atomic mass is 32.2. The molecule has 0 radical (unpaired) electrons. The Hall–Kier alpha value is -0.470. The van der Waals surface area contributed by atoms with Gasteiger partial charge in [0.2, 0.25) is 0 Å². The van der Waals surface area contributed by atoms with Crippen molar-refractivity contribution in [3.63, 3.8) is 0 Å². The van der Waals surface area contributed by atoms with Crippen molar-refractivity contribution in [2.24, 2.45) is 17.6 Å². The van der Waals surface area contributed by atoms with Crippen LogP contribution in [0.2, 0.25) is 0 Å². The van der Waals surface area contributed by atoms with Crippen LogP contribution in [0.1, 0.15) is 37.8 Å². The standard InChI is InChI=1S/C16H25NS/c1-11-8-13(3)16(15(17)9-11)18-10-14-7-5-4-6-12(14)2/h4-7,11,13,15-16H,8-10,17H2,1-3H3. The second kappa shape index (κ2) is 6.12.